The molecule has 0 unspecified atom stereocenters. The van der Waals surface area contributed by atoms with E-state index in [0.29, 0.717) is 5.82 Å². The predicted octanol–water partition coefficient (Wildman–Crippen LogP) is 2.51. The van der Waals surface area contributed by atoms with Crippen molar-refractivity contribution >= 4 is 17.7 Å². The molecule has 0 radical (unpaired) electrons. The summed E-state index contributed by atoms with van der Waals surface area (Å²) in [5, 5.41) is 17.8. The van der Waals surface area contributed by atoms with Gasteiger partial charge in [0.1, 0.15) is 5.82 Å². The molecule has 0 saturated heterocycles. The van der Waals surface area contributed by atoms with E-state index in [1.807, 2.05) is 0 Å². The molecule has 1 aromatic heterocycles. The minimum absolute atomic E-state index is 0.0649. The van der Waals surface area contributed by atoms with Gasteiger partial charge in [0.2, 0.25) is 5.70 Å². The van der Waals surface area contributed by atoms with Gasteiger partial charge in [-0.1, -0.05) is 0 Å². The SMILES string of the molecule is C/C(=C\C(=N)CC=Nc1ccc(F)cn1)[N+](=O)[O-]. The highest BCUT2D eigenvalue weighted by molar-refractivity contribution is 6.01. The molecule has 0 fully saturated rings. The summed E-state index contributed by atoms with van der Waals surface area (Å²) in [5.41, 5.74) is -0.0385. The molecular weight excluding hydrogens is 239 g/mol. The third-order valence-electron chi connectivity index (χ3n) is 1.92. The number of aromatic nitrogens is 1. The Labute approximate surface area is 103 Å². The molecule has 7 heteroatoms. The van der Waals surface area contributed by atoms with Crippen LogP contribution in [0.1, 0.15) is 13.3 Å². The minimum Gasteiger partial charge on any atom is -0.305 e. The minimum atomic E-state index is -0.562. The predicted molar refractivity (Wildman–Crippen MR) is 65.4 cm³/mol. The van der Waals surface area contributed by atoms with Crippen LogP contribution in [0.5, 0.6) is 0 Å². The number of rotatable bonds is 5. The van der Waals surface area contributed by atoms with E-state index in [0.717, 1.165) is 12.3 Å². The Morgan fingerprint density at radius 3 is 2.94 bits per heavy atom. The van der Waals surface area contributed by atoms with Crippen molar-refractivity contribution in [2.45, 2.75) is 13.3 Å². The Morgan fingerprint density at radius 1 is 1.67 bits per heavy atom. The molecule has 0 aliphatic rings. The second kappa shape index (κ2) is 6.33. The molecule has 0 saturated carbocycles. The van der Waals surface area contributed by atoms with Gasteiger partial charge in [-0.25, -0.2) is 14.4 Å². The number of nitro groups is 1. The quantitative estimate of drug-likeness (QED) is 0.494. The lowest BCUT2D eigenvalue weighted by Crippen LogP contribution is -1.99. The summed E-state index contributed by atoms with van der Waals surface area (Å²) < 4.78 is 12.5. The summed E-state index contributed by atoms with van der Waals surface area (Å²) in [7, 11) is 0. The van der Waals surface area contributed by atoms with Crippen LogP contribution in [0.3, 0.4) is 0 Å². The first-order valence-corrected chi connectivity index (χ1v) is 5.03. The molecule has 6 nitrogen and oxygen atoms in total. The van der Waals surface area contributed by atoms with Gasteiger partial charge in [-0.3, -0.25) is 10.1 Å². The van der Waals surface area contributed by atoms with Crippen LogP contribution in [-0.4, -0.2) is 21.8 Å². The van der Waals surface area contributed by atoms with Gasteiger partial charge in [0, 0.05) is 31.3 Å². The molecule has 94 valence electrons. The zero-order valence-electron chi connectivity index (χ0n) is 9.63. The molecule has 1 rings (SSSR count). The number of nitrogens with one attached hydrogen (secondary N) is 1. The third-order valence-corrected chi connectivity index (χ3v) is 1.92. The van der Waals surface area contributed by atoms with Crippen molar-refractivity contribution in [3.63, 3.8) is 0 Å². The molecule has 0 aliphatic carbocycles. The Kier molecular flexibility index (Phi) is 4.79. The molecule has 1 N–H and O–H groups in total. The Hall–Kier alpha value is -2.44. The van der Waals surface area contributed by atoms with Crippen molar-refractivity contribution in [3.05, 3.63) is 46.0 Å². The fraction of sp³-hybridized carbons (Fsp3) is 0.182. The van der Waals surface area contributed by atoms with Gasteiger partial charge in [0.05, 0.1) is 11.1 Å². The zero-order chi connectivity index (χ0) is 13.5. The van der Waals surface area contributed by atoms with E-state index in [2.05, 4.69) is 9.98 Å². The van der Waals surface area contributed by atoms with Crippen molar-refractivity contribution in [2.24, 2.45) is 4.99 Å². The molecule has 1 heterocycles. The van der Waals surface area contributed by atoms with Crippen LogP contribution in [0.4, 0.5) is 10.2 Å². The first-order valence-electron chi connectivity index (χ1n) is 5.03. The topological polar surface area (TPSA) is 92.2 Å². The van der Waals surface area contributed by atoms with Crippen LogP contribution in [0.2, 0.25) is 0 Å². The first kappa shape index (κ1) is 13.6. The second-order valence-electron chi connectivity index (χ2n) is 3.42. The smallest absolute Gasteiger partial charge is 0.244 e. The summed E-state index contributed by atoms with van der Waals surface area (Å²) in [5.74, 6) is -0.134. The van der Waals surface area contributed by atoms with Crippen LogP contribution >= 0.6 is 0 Å². The van der Waals surface area contributed by atoms with Gasteiger partial charge in [0.15, 0.2) is 5.82 Å². The summed E-state index contributed by atoms with van der Waals surface area (Å²) in [6, 6.07) is 2.62. The highest BCUT2D eigenvalue weighted by Gasteiger charge is 2.02. The molecule has 0 aliphatic heterocycles. The highest BCUT2D eigenvalue weighted by atomic mass is 19.1. The lowest BCUT2D eigenvalue weighted by Gasteiger charge is -1.93. The molecule has 0 spiro atoms. The molecule has 18 heavy (non-hydrogen) atoms. The number of hydrogen-bond acceptors (Lipinski definition) is 5. The number of nitrogens with zero attached hydrogens (tertiary/aromatic N) is 3. The van der Waals surface area contributed by atoms with Crippen LogP contribution in [0, 0.1) is 21.3 Å². The van der Waals surface area contributed by atoms with E-state index in [-0.39, 0.29) is 17.8 Å². The zero-order valence-corrected chi connectivity index (χ0v) is 9.63. The van der Waals surface area contributed by atoms with Crippen LogP contribution in [0.25, 0.3) is 0 Å². The van der Waals surface area contributed by atoms with E-state index in [4.69, 9.17) is 5.41 Å². The van der Waals surface area contributed by atoms with Crippen LogP contribution in [0.15, 0.2) is 35.1 Å². The normalized spacial score (nSPS) is 11.8. The van der Waals surface area contributed by atoms with Gasteiger partial charge in [0.25, 0.3) is 0 Å². The molecule has 1 aromatic rings. The maximum atomic E-state index is 12.5. The van der Waals surface area contributed by atoms with Crippen molar-refractivity contribution in [2.75, 3.05) is 0 Å². The van der Waals surface area contributed by atoms with E-state index in [1.54, 1.807) is 0 Å². The molecule has 0 bridgehead atoms. The summed E-state index contributed by atoms with van der Waals surface area (Å²) in [6.45, 7) is 1.31. The van der Waals surface area contributed by atoms with Crippen molar-refractivity contribution < 1.29 is 9.31 Å². The lowest BCUT2D eigenvalue weighted by molar-refractivity contribution is -0.424. The highest BCUT2D eigenvalue weighted by Crippen LogP contribution is 2.06. The Bertz CT molecular complexity index is 508. The number of aliphatic imine (C=N–C) groups is 1. The van der Waals surface area contributed by atoms with E-state index in [9.17, 15) is 14.5 Å². The van der Waals surface area contributed by atoms with E-state index >= 15 is 0 Å². The van der Waals surface area contributed by atoms with Gasteiger partial charge < -0.3 is 5.41 Å². The lowest BCUT2D eigenvalue weighted by atomic mass is 10.2. The Morgan fingerprint density at radius 2 is 2.39 bits per heavy atom. The largest absolute Gasteiger partial charge is 0.305 e. The Balaban J connectivity index is 2.55. The van der Waals surface area contributed by atoms with Gasteiger partial charge in [-0.15, -0.1) is 0 Å². The summed E-state index contributed by atoms with van der Waals surface area (Å²) in [6.07, 6.45) is 3.73. The maximum Gasteiger partial charge on any atom is 0.244 e. The summed E-state index contributed by atoms with van der Waals surface area (Å²) in [4.78, 5) is 17.4. The number of halogens is 1. The maximum absolute atomic E-state index is 12.5. The standard InChI is InChI=1S/C11H11FN4O2/c1-8(16(17)18)6-10(13)4-5-14-11-3-2-9(12)7-15-11/h2-3,5-7,13H,4H2,1H3/b8-6+,13-10?,14-5?. The average molecular weight is 250 g/mol. The average Bonchev–Trinajstić information content (AvgIpc) is 2.31. The third kappa shape index (κ3) is 4.60. The van der Waals surface area contributed by atoms with Gasteiger partial charge in [-0.05, 0) is 12.1 Å². The van der Waals surface area contributed by atoms with Crippen molar-refractivity contribution in [3.8, 4) is 0 Å². The van der Waals surface area contributed by atoms with Crippen molar-refractivity contribution in [1.82, 2.24) is 4.98 Å². The number of pyridine rings is 1. The fourth-order valence-electron chi connectivity index (χ4n) is 1.05. The van der Waals surface area contributed by atoms with E-state index < -0.39 is 10.7 Å². The fourth-order valence-corrected chi connectivity index (χ4v) is 1.05. The van der Waals surface area contributed by atoms with Crippen LogP contribution in [-0.2, 0) is 0 Å². The monoisotopic (exact) mass is 250 g/mol. The van der Waals surface area contributed by atoms with Crippen molar-refractivity contribution in [1.29, 1.82) is 5.41 Å². The summed E-state index contributed by atoms with van der Waals surface area (Å²) >= 11 is 0. The molecule has 0 aromatic carbocycles. The van der Waals surface area contributed by atoms with Crippen LogP contribution < -0.4 is 0 Å². The van der Waals surface area contributed by atoms with Gasteiger partial charge in [-0.2, -0.15) is 0 Å². The molecule has 0 atom stereocenters. The number of hydrogen-bond donors (Lipinski definition) is 1. The van der Waals surface area contributed by atoms with E-state index in [1.165, 1.54) is 25.3 Å². The molecule has 0 amide bonds. The molecular formula is C11H11FN4O2. The number of allylic oxidation sites excluding steroid dienone is 2. The van der Waals surface area contributed by atoms with Gasteiger partial charge >= 0.3 is 0 Å². The second-order valence-corrected chi connectivity index (χ2v) is 3.42. The first-order chi connectivity index (χ1) is 8.49.